The van der Waals surface area contributed by atoms with Crippen molar-refractivity contribution in [3.05, 3.63) is 40.4 Å². The molecule has 0 unspecified atom stereocenters. The maximum absolute atomic E-state index is 13.4. The molecule has 28 heavy (non-hydrogen) atoms. The van der Waals surface area contributed by atoms with Gasteiger partial charge in [-0.2, -0.15) is 0 Å². The monoisotopic (exact) mass is 421 g/mol. The van der Waals surface area contributed by atoms with Crippen LogP contribution in [0.2, 0.25) is 5.02 Å². The van der Waals surface area contributed by atoms with Gasteiger partial charge in [-0.15, -0.1) is 12.4 Å². The molecule has 4 rings (SSSR count). The first-order valence-electron chi connectivity index (χ1n) is 9.19. The van der Waals surface area contributed by atoms with Gasteiger partial charge in [-0.25, -0.2) is 0 Å². The zero-order valence-corrected chi connectivity index (χ0v) is 18.0. The van der Waals surface area contributed by atoms with Crippen LogP contribution in [0, 0.1) is 0 Å². The average Bonchev–Trinajstić information content (AvgIpc) is 2.53. The summed E-state index contributed by atoms with van der Waals surface area (Å²) in [6, 6.07) is 6.77. The zero-order chi connectivity index (χ0) is 19.7. The van der Waals surface area contributed by atoms with Gasteiger partial charge in [0.25, 0.3) is 11.8 Å². The highest BCUT2D eigenvalue weighted by Crippen LogP contribution is 2.40. The molecule has 0 aliphatic carbocycles. The molecule has 2 aromatic carbocycles. The first kappa shape index (κ1) is 20.9. The van der Waals surface area contributed by atoms with Crippen molar-refractivity contribution in [3.63, 3.8) is 0 Å². The number of hydrogen-bond acceptors (Lipinski definition) is 4. The number of amides is 2. The first-order valence-corrected chi connectivity index (χ1v) is 9.56. The molecule has 7 heteroatoms. The van der Waals surface area contributed by atoms with Crippen LogP contribution in [0.1, 0.15) is 61.3 Å². The number of nitrogens with two attached hydrogens (primary N) is 1. The lowest BCUT2D eigenvalue weighted by Gasteiger charge is -2.49. The Hall–Kier alpha value is -1.82. The third kappa shape index (κ3) is 3.15. The normalized spacial score (nSPS) is 21.0. The highest BCUT2D eigenvalue weighted by molar-refractivity contribution is 6.37. The van der Waals surface area contributed by atoms with E-state index in [4.69, 9.17) is 17.3 Å². The minimum atomic E-state index is -0.288. The van der Waals surface area contributed by atoms with E-state index in [9.17, 15) is 9.59 Å². The summed E-state index contributed by atoms with van der Waals surface area (Å²) in [6.07, 6.45) is 1.39. The Balaban J connectivity index is 0.00000225. The van der Waals surface area contributed by atoms with Gasteiger partial charge >= 0.3 is 0 Å². The van der Waals surface area contributed by atoms with Crippen molar-refractivity contribution in [1.82, 2.24) is 10.2 Å². The Morgan fingerprint density at radius 3 is 2.25 bits per heavy atom. The zero-order valence-electron chi connectivity index (χ0n) is 16.4. The number of imide groups is 1. The van der Waals surface area contributed by atoms with Gasteiger partial charge in [-0.3, -0.25) is 14.5 Å². The molecule has 1 fully saturated rings. The molecule has 0 spiro atoms. The van der Waals surface area contributed by atoms with Crippen LogP contribution < -0.4 is 11.1 Å². The fourth-order valence-electron chi connectivity index (χ4n) is 4.95. The number of nitrogens with zero attached hydrogens (tertiary/aromatic N) is 1. The highest BCUT2D eigenvalue weighted by Gasteiger charge is 2.45. The van der Waals surface area contributed by atoms with Crippen molar-refractivity contribution in [3.8, 4) is 0 Å². The molecule has 2 aromatic rings. The van der Waals surface area contributed by atoms with Crippen LogP contribution in [0.25, 0.3) is 10.8 Å². The molecule has 2 aliphatic heterocycles. The second-order valence-corrected chi connectivity index (χ2v) is 9.39. The lowest BCUT2D eigenvalue weighted by molar-refractivity contribution is 0.0370. The average molecular weight is 422 g/mol. The Bertz CT molecular complexity index is 985. The summed E-state index contributed by atoms with van der Waals surface area (Å²) in [4.78, 5) is 28.2. The number of halogens is 2. The number of anilines is 1. The molecule has 0 atom stereocenters. The molecule has 0 radical (unpaired) electrons. The van der Waals surface area contributed by atoms with E-state index in [0.717, 1.165) is 0 Å². The van der Waals surface area contributed by atoms with E-state index in [-0.39, 0.29) is 41.3 Å². The van der Waals surface area contributed by atoms with Crippen LogP contribution in [-0.4, -0.2) is 33.8 Å². The Kier molecular flexibility index (Phi) is 4.94. The van der Waals surface area contributed by atoms with Crippen LogP contribution in [0.5, 0.6) is 0 Å². The minimum Gasteiger partial charge on any atom is -0.397 e. The fourth-order valence-corrected chi connectivity index (χ4v) is 5.16. The summed E-state index contributed by atoms with van der Waals surface area (Å²) in [5, 5.41) is 5.20. The van der Waals surface area contributed by atoms with E-state index in [1.54, 1.807) is 24.3 Å². The Morgan fingerprint density at radius 2 is 1.64 bits per heavy atom. The van der Waals surface area contributed by atoms with Crippen LogP contribution in [0.4, 0.5) is 5.69 Å². The van der Waals surface area contributed by atoms with E-state index in [2.05, 4.69) is 33.0 Å². The summed E-state index contributed by atoms with van der Waals surface area (Å²) in [6.45, 7) is 8.41. The molecule has 5 nitrogen and oxygen atoms in total. The molecule has 0 aromatic heterocycles. The smallest absolute Gasteiger partial charge is 0.261 e. The van der Waals surface area contributed by atoms with Gasteiger partial charge in [0.1, 0.15) is 0 Å². The number of rotatable bonds is 1. The molecular formula is C21H25Cl2N3O2. The van der Waals surface area contributed by atoms with Crippen LogP contribution in [0.15, 0.2) is 24.3 Å². The van der Waals surface area contributed by atoms with Crippen LogP contribution in [0.3, 0.4) is 0 Å². The van der Waals surface area contributed by atoms with Gasteiger partial charge < -0.3 is 11.1 Å². The van der Waals surface area contributed by atoms with E-state index >= 15 is 0 Å². The SMILES string of the molecule is CC1(C)CC(N2C(=O)c3cccc4c(N)c(Cl)cc(c34)C2=O)CC(C)(C)N1.Cl. The van der Waals surface area contributed by atoms with E-state index in [1.165, 1.54) is 4.90 Å². The van der Waals surface area contributed by atoms with Gasteiger partial charge in [-0.05, 0) is 52.7 Å². The second-order valence-electron chi connectivity index (χ2n) is 8.98. The van der Waals surface area contributed by atoms with E-state index in [0.29, 0.717) is 45.5 Å². The first-order chi connectivity index (χ1) is 12.5. The van der Waals surface area contributed by atoms with Crippen molar-refractivity contribution in [1.29, 1.82) is 0 Å². The van der Waals surface area contributed by atoms with Crippen molar-refractivity contribution >= 4 is 52.3 Å². The van der Waals surface area contributed by atoms with Crippen LogP contribution >= 0.6 is 24.0 Å². The predicted molar refractivity (Wildman–Crippen MR) is 115 cm³/mol. The van der Waals surface area contributed by atoms with Crippen LogP contribution in [-0.2, 0) is 0 Å². The van der Waals surface area contributed by atoms with Gasteiger partial charge in [0.05, 0.1) is 16.3 Å². The summed E-state index contributed by atoms with van der Waals surface area (Å²) in [5.74, 6) is -0.539. The number of hydrogen-bond donors (Lipinski definition) is 2. The number of piperidine rings is 1. The van der Waals surface area contributed by atoms with Crippen molar-refractivity contribution in [2.45, 2.75) is 57.7 Å². The summed E-state index contributed by atoms with van der Waals surface area (Å²) < 4.78 is 0. The number of nitrogen functional groups attached to an aromatic ring is 1. The van der Waals surface area contributed by atoms with Crippen molar-refractivity contribution < 1.29 is 9.59 Å². The molecular weight excluding hydrogens is 397 g/mol. The van der Waals surface area contributed by atoms with Gasteiger partial charge in [0, 0.05) is 33.5 Å². The maximum atomic E-state index is 13.4. The molecule has 2 aliphatic rings. The number of carbonyl (C=O) groups excluding carboxylic acids is 2. The lowest BCUT2D eigenvalue weighted by atomic mass is 9.78. The van der Waals surface area contributed by atoms with Gasteiger partial charge in [0.2, 0.25) is 0 Å². The second kappa shape index (κ2) is 6.61. The standard InChI is InChI=1S/C21H24ClN3O2.ClH/c1-20(2)9-11(10-21(3,4)24-20)25-18(26)13-7-5-6-12-16(13)14(19(25)27)8-15(22)17(12)23;/h5-8,11,24H,9-10,23H2,1-4H3;1H. The predicted octanol–water partition coefficient (Wildman–Crippen LogP) is 4.40. The summed E-state index contributed by atoms with van der Waals surface area (Å²) >= 11 is 6.28. The van der Waals surface area contributed by atoms with Gasteiger partial charge in [0.15, 0.2) is 0 Å². The molecule has 2 amide bonds. The molecule has 1 saturated heterocycles. The van der Waals surface area contributed by atoms with E-state index in [1.807, 2.05) is 0 Å². The number of benzene rings is 2. The lowest BCUT2D eigenvalue weighted by Crippen LogP contribution is -2.63. The molecule has 3 N–H and O–H groups in total. The summed E-state index contributed by atoms with van der Waals surface area (Å²) in [5.41, 5.74) is 7.10. The van der Waals surface area contributed by atoms with Crippen molar-refractivity contribution in [2.24, 2.45) is 0 Å². The molecule has 0 bridgehead atoms. The number of carbonyl (C=O) groups is 2. The number of nitrogens with one attached hydrogen (secondary N) is 1. The molecule has 2 heterocycles. The summed E-state index contributed by atoms with van der Waals surface area (Å²) in [7, 11) is 0. The largest absolute Gasteiger partial charge is 0.397 e. The third-order valence-corrected chi connectivity index (χ3v) is 5.90. The van der Waals surface area contributed by atoms with E-state index < -0.39 is 0 Å². The Labute approximate surface area is 176 Å². The molecule has 150 valence electrons. The quantitative estimate of drug-likeness (QED) is 0.528. The Morgan fingerprint density at radius 1 is 1.07 bits per heavy atom. The third-order valence-electron chi connectivity index (χ3n) is 5.58. The van der Waals surface area contributed by atoms with Crippen molar-refractivity contribution in [2.75, 3.05) is 5.73 Å². The minimum absolute atomic E-state index is 0. The highest BCUT2D eigenvalue weighted by atomic mass is 35.5. The topological polar surface area (TPSA) is 75.4 Å². The van der Waals surface area contributed by atoms with Gasteiger partial charge in [-0.1, -0.05) is 23.7 Å². The maximum Gasteiger partial charge on any atom is 0.261 e. The fraction of sp³-hybridized carbons (Fsp3) is 0.429. The molecule has 0 saturated carbocycles.